The van der Waals surface area contributed by atoms with Gasteiger partial charge in [-0.3, -0.25) is 9.59 Å². The summed E-state index contributed by atoms with van der Waals surface area (Å²) in [6.45, 7) is 5.24. The maximum absolute atomic E-state index is 11.6. The Labute approximate surface area is 106 Å². The second-order valence-corrected chi connectivity index (χ2v) is 3.35. The fourth-order valence-electron chi connectivity index (χ4n) is 1.11. The number of methoxy groups -OCH3 is 2. The summed E-state index contributed by atoms with van der Waals surface area (Å²) >= 11 is 0. The molecular weight excluding hydrogens is 238 g/mol. The Hall–Kier alpha value is -2.11. The molecule has 0 aliphatic carbocycles. The molecule has 6 heteroatoms. The van der Waals surface area contributed by atoms with E-state index in [0.717, 1.165) is 0 Å². The van der Waals surface area contributed by atoms with E-state index in [9.17, 15) is 14.4 Å². The molecule has 0 heterocycles. The Balaban J connectivity index is 4.69. The number of hydrogen-bond donors (Lipinski definition) is 1. The first-order chi connectivity index (χ1) is 8.46. The van der Waals surface area contributed by atoms with Crippen LogP contribution >= 0.6 is 0 Å². The molecule has 0 aromatic heterocycles. The monoisotopic (exact) mass is 255 g/mol. The maximum atomic E-state index is 11.6. The highest BCUT2D eigenvalue weighted by Crippen LogP contribution is 2.01. The highest BCUT2D eigenvalue weighted by molar-refractivity contribution is 5.98. The minimum Gasteiger partial charge on any atom is -0.469 e. The second kappa shape index (κ2) is 8.05. The Morgan fingerprint density at radius 1 is 1.28 bits per heavy atom. The normalized spacial score (nSPS) is 11.7. The van der Waals surface area contributed by atoms with Gasteiger partial charge in [-0.25, -0.2) is 4.79 Å². The van der Waals surface area contributed by atoms with Gasteiger partial charge in [-0.15, -0.1) is 0 Å². The summed E-state index contributed by atoms with van der Waals surface area (Å²) in [5.41, 5.74) is 0.177. The average molecular weight is 255 g/mol. The Morgan fingerprint density at radius 2 is 1.89 bits per heavy atom. The van der Waals surface area contributed by atoms with Crippen LogP contribution in [0, 0.1) is 0 Å². The third kappa shape index (κ3) is 5.29. The molecule has 1 N–H and O–H groups in total. The van der Waals surface area contributed by atoms with Crippen LogP contribution in [0.5, 0.6) is 0 Å². The van der Waals surface area contributed by atoms with Crippen LogP contribution < -0.4 is 5.32 Å². The number of rotatable bonds is 6. The van der Waals surface area contributed by atoms with E-state index < -0.39 is 23.9 Å². The minimum atomic E-state index is -1.09. The molecule has 0 rings (SSSR count). The molecule has 6 nitrogen and oxygen atoms in total. The van der Waals surface area contributed by atoms with Crippen molar-refractivity contribution in [2.45, 2.75) is 19.4 Å². The van der Waals surface area contributed by atoms with E-state index in [1.165, 1.54) is 20.3 Å². The van der Waals surface area contributed by atoms with Crippen LogP contribution in [0.1, 0.15) is 13.3 Å². The number of hydrogen-bond acceptors (Lipinski definition) is 5. The third-order valence-corrected chi connectivity index (χ3v) is 2.05. The Morgan fingerprint density at radius 3 is 2.33 bits per heavy atom. The van der Waals surface area contributed by atoms with Crippen LogP contribution in [0.15, 0.2) is 24.3 Å². The highest BCUT2D eigenvalue weighted by atomic mass is 16.5. The van der Waals surface area contributed by atoms with Gasteiger partial charge in [0, 0.05) is 5.57 Å². The Kier molecular flexibility index (Phi) is 7.11. The lowest BCUT2D eigenvalue weighted by Gasteiger charge is -2.15. The van der Waals surface area contributed by atoms with Crippen LogP contribution in [0.2, 0.25) is 0 Å². The molecule has 0 aliphatic heterocycles. The van der Waals surface area contributed by atoms with Crippen LogP contribution in [-0.2, 0) is 23.9 Å². The summed E-state index contributed by atoms with van der Waals surface area (Å²) in [7, 11) is 2.36. The standard InChI is InChI=1S/C12H17NO5/c1-5-6-8(2)11(15)13-9(12(16)18-4)7-10(14)17-3/h5-6,9H,2,7H2,1,3-4H3,(H,13,15)/b6-5-/t9-/m1/s1. The van der Waals surface area contributed by atoms with Crippen molar-refractivity contribution in [2.75, 3.05) is 14.2 Å². The van der Waals surface area contributed by atoms with Crippen molar-refractivity contribution < 1.29 is 23.9 Å². The summed E-state index contributed by atoms with van der Waals surface area (Å²) in [5, 5.41) is 2.35. The zero-order valence-corrected chi connectivity index (χ0v) is 10.7. The number of nitrogens with one attached hydrogen (secondary N) is 1. The lowest BCUT2D eigenvalue weighted by molar-refractivity contribution is -0.150. The highest BCUT2D eigenvalue weighted by Gasteiger charge is 2.25. The number of carbonyl (C=O) groups is 3. The average Bonchev–Trinajstić information content (AvgIpc) is 2.36. The van der Waals surface area contributed by atoms with E-state index in [1.54, 1.807) is 13.0 Å². The van der Waals surface area contributed by atoms with Crippen molar-refractivity contribution in [2.24, 2.45) is 0 Å². The fourth-order valence-corrected chi connectivity index (χ4v) is 1.11. The molecule has 0 saturated heterocycles. The van der Waals surface area contributed by atoms with Gasteiger partial charge in [-0.05, 0) is 6.92 Å². The summed E-state index contributed by atoms with van der Waals surface area (Å²) in [6, 6.07) is -1.09. The number of esters is 2. The molecule has 0 radical (unpaired) electrons. The summed E-state index contributed by atoms with van der Waals surface area (Å²) in [6.07, 6.45) is 2.83. The molecule has 0 unspecified atom stereocenters. The number of carbonyl (C=O) groups excluding carboxylic acids is 3. The quantitative estimate of drug-likeness (QED) is 0.420. The molecule has 1 amide bonds. The van der Waals surface area contributed by atoms with Crippen molar-refractivity contribution in [3.05, 3.63) is 24.3 Å². The third-order valence-electron chi connectivity index (χ3n) is 2.05. The van der Waals surface area contributed by atoms with Crippen molar-refractivity contribution >= 4 is 17.8 Å². The summed E-state index contributed by atoms with van der Waals surface area (Å²) in [4.78, 5) is 34.1. The van der Waals surface area contributed by atoms with Gasteiger partial charge >= 0.3 is 11.9 Å². The van der Waals surface area contributed by atoms with Crippen molar-refractivity contribution in [3.63, 3.8) is 0 Å². The zero-order chi connectivity index (χ0) is 14.1. The van der Waals surface area contributed by atoms with Crippen LogP contribution in [-0.4, -0.2) is 38.1 Å². The number of allylic oxidation sites excluding steroid dienone is 1. The van der Waals surface area contributed by atoms with Crippen LogP contribution in [0.25, 0.3) is 0 Å². The second-order valence-electron chi connectivity index (χ2n) is 3.35. The molecule has 0 spiro atoms. The predicted molar refractivity (Wildman–Crippen MR) is 64.5 cm³/mol. The van der Waals surface area contributed by atoms with E-state index in [2.05, 4.69) is 21.4 Å². The molecule has 0 fully saturated rings. The van der Waals surface area contributed by atoms with Gasteiger partial charge in [-0.1, -0.05) is 18.7 Å². The molecule has 0 bridgehead atoms. The first-order valence-electron chi connectivity index (χ1n) is 5.23. The van der Waals surface area contributed by atoms with Crippen LogP contribution in [0.4, 0.5) is 0 Å². The van der Waals surface area contributed by atoms with E-state index in [0.29, 0.717) is 0 Å². The number of ether oxygens (including phenoxy) is 2. The molecular formula is C12H17NO5. The summed E-state index contributed by atoms with van der Waals surface area (Å²) in [5.74, 6) is -1.89. The first-order valence-corrected chi connectivity index (χ1v) is 5.23. The first kappa shape index (κ1) is 15.9. The molecule has 1 atom stereocenters. The largest absolute Gasteiger partial charge is 0.469 e. The van der Waals surface area contributed by atoms with E-state index in [1.807, 2.05) is 0 Å². The molecule has 0 aliphatic rings. The summed E-state index contributed by atoms with van der Waals surface area (Å²) < 4.78 is 8.92. The maximum Gasteiger partial charge on any atom is 0.328 e. The van der Waals surface area contributed by atoms with Gasteiger partial charge in [0.25, 0.3) is 5.91 Å². The lowest BCUT2D eigenvalue weighted by Crippen LogP contribution is -2.43. The zero-order valence-electron chi connectivity index (χ0n) is 10.7. The van der Waals surface area contributed by atoms with Gasteiger partial charge in [0.1, 0.15) is 6.04 Å². The van der Waals surface area contributed by atoms with E-state index in [-0.39, 0.29) is 12.0 Å². The van der Waals surface area contributed by atoms with Gasteiger partial charge < -0.3 is 14.8 Å². The van der Waals surface area contributed by atoms with Gasteiger partial charge in [-0.2, -0.15) is 0 Å². The van der Waals surface area contributed by atoms with Crippen LogP contribution in [0.3, 0.4) is 0 Å². The lowest BCUT2D eigenvalue weighted by atomic mass is 10.2. The van der Waals surface area contributed by atoms with Gasteiger partial charge in [0.05, 0.1) is 20.6 Å². The molecule has 0 saturated carbocycles. The smallest absolute Gasteiger partial charge is 0.328 e. The SMILES string of the molecule is C=C(/C=C\C)C(=O)N[C@H](CC(=O)OC)C(=O)OC. The molecule has 0 aromatic carbocycles. The van der Waals surface area contributed by atoms with Crippen molar-refractivity contribution in [3.8, 4) is 0 Å². The van der Waals surface area contributed by atoms with Crippen molar-refractivity contribution in [1.82, 2.24) is 5.32 Å². The minimum absolute atomic E-state index is 0.177. The van der Waals surface area contributed by atoms with E-state index in [4.69, 9.17) is 0 Å². The molecule has 100 valence electrons. The fraction of sp³-hybridized carbons (Fsp3) is 0.417. The topological polar surface area (TPSA) is 81.7 Å². The molecule has 18 heavy (non-hydrogen) atoms. The van der Waals surface area contributed by atoms with E-state index >= 15 is 0 Å². The number of amides is 1. The molecule has 0 aromatic rings. The van der Waals surface area contributed by atoms with Gasteiger partial charge in [0.15, 0.2) is 0 Å². The van der Waals surface area contributed by atoms with Gasteiger partial charge in [0.2, 0.25) is 0 Å². The Bertz CT molecular complexity index is 373. The predicted octanol–water partition coefficient (Wildman–Crippen LogP) is 0.340. The van der Waals surface area contributed by atoms with Crippen molar-refractivity contribution in [1.29, 1.82) is 0 Å².